The molecule has 0 spiro atoms. The van der Waals surface area contributed by atoms with Gasteiger partial charge in [0.1, 0.15) is 0 Å². The van der Waals surface area contributed by atoms with Crippen LogP contribution in [0, 0.1) is 11.8 Å². The molecule has 2 saturated carbocycles. The lowest BCUT2D eigenvalue weighted by molar-refractivity contribution is 0.0697. The number of aromatic carboxylic acids is 1. The first-order valence-corrected chi connectivity index (χ1v) is 8.56. The van der Waals surface area contributed by atoms with Crippen LogP contribution < -0.4 is 10.5 Å². The number of fused-ring (bicyclic) bond motifs is 2. The number of nitrogens with two attached hydrogens (primary N) is 1. The molecule has 6 nitrogen and oxygen atoms in total. The minimum atomic E-state index is -3.90. The molecule has 0 saturated heterocycles. The summed E-state index contributed by atoms with van der Waals surface area (Å²) in [5.74, 6) is 0.171. The first kappa shape index (κ1) is 14.3. The molecule has 2 aliphatic rings. The Balaban J connectivity index is 1.89. The molecule has 3 atom stereocenters. The summed E-state index contributed by atoms with van der Waals surface area (Å²) in [4.78, 5) is 11.2. The Morgan fingerprint density at radius 3 is 2.57 bits per heavy atom. The highest BCUT2D eigenvalue weighted by molar-refractivity contribution is 7.89. The van der Waals surface area contributed by atoms with Gasteiger partial charge in [0.05, 0.1) is 10.5 Å². The largest absolute Gasteiger partial charge is 0.478 e. The Kier molecular flexibility index (Phi) is 3.41. The van der Waals surface area contributed by atoms with Crippen molar-refractivity contribution in [2.75, 3.05) is 5.32 Å². The molecule has 0 aliphatic heterocycles. The third-order valence-electron chi connectivity index (χ3n) is 4.63. The molecular formula is C14H18N2O4S. The van der Waals surface area contributed by atoms with E-state index in [0.29, 0.717) is 11.6 Å². The van der Waals surface area contributed by atoms with Gasteiger partial charge in [0.15, 0.2) is 0 Å². The monoisotopic (exact) mass is 310 g/mol. The van der Waals surface area contributed by atoms with Gasteiger partial charge < -0.3 is 10.4 Å². The average molecular weight is 310 g/mol. The minimum Gasteiger partial charge on any atom is -0.478 e. The Labute approximate surface area is 123 Å². The van der Waals surface area contributed by atoms with E-state index in [-0.39, 0.29) is 16.5 Å². The first-order chi connectivity index (χ1) is 9.84. The van der Waals surface area contributed by atoms with Gasteiger partial charge in [0, 0.05) is 11.7 Å². The molecule has 3 rings (SSSR count). The van der Waals surface area contributed by atoms with Crippen molar-refractivity contribution in [3.63, 3.8) is 0 Å². The van der Waals surface area contributed by atoms with E-state index in [1.807, 2.05) is 0 Å². The van der Waals surface area contributed by atoms with Gasteiger partial charge in [0.25, 0.3) is 0 Å². The van der Waals surface area contributed by atoms with Crippen molar-refractivity contribution < 1.29 is 18.3 Å². The zero-order chi connectivity index (χ0) is 15.2. The van der Waals surface area contributed by atoms with Gasteiger partial charge >= 0.3 is 5.97 Å². The maximum absolute atomic E-state index is 11.4. The second-order valence-corrected chi connectivity index (χ2v) is 7.54. The van der Waals surface area contributed by atoms with E-state index in [1.54, 1.807) is 0 Å². The van der Waals surface area contributed by atoms with Crippen LogP contribution in [-0.4, -0.2) is 25.5 Å². The number of hydrogen-bond acceptors (Lipinski definition) is 4. The van der Waals surface area contributed by atoms with Crippen LogP contribution in [0.15, 0.2) is 23.1 Å². The number of hydrogen-bond donors (Lipinski definition) is 3. The van der Waals surface area contributed by atoms with Gasteiger partial charge in [-0.05, 0) is 49.3 Å². The van der Waals surface area contributed by atoms with Crippen molar-refractivity contribution >= 4 is 21.7 Å². The van der Waals surface area contributed by atoms with Crippen LogP contribution in [0.2, 0.25) is 0 Å². The second kappa shape index (κ2) is 4.99. The van der Waals surface area contributed by atoms with Crippen molar-refractivity contribution in [1.29, 1.82) is 0 Å². The van der Waals surface area contributed by atoms with Crippen LogP contribution in [0.5, 0.6) is 0 Å². The van der Waals surface area contributed by atoms with Crippen molar-refractivity contribution in [2.45, 2.75) is 36.6 Å². The SMILES string of the molecule is NS(=O)(=O)c1ccc(NC2CC3CCC2C3)c(C(=O)O)c1. The first-order valence-electron chi connectivity index (χ1n) is 7.01. The van der Waals surface area contributed by atoms with Gasteiger partial charge in [-0.2, -0.15) is 0 Å². The Hall–Kier alpha value is -1.60. The molecule has 4 N–H and O–H groups in total. The molecular weight excluding hydrogens is 292 g/mol. The molecule has 0 radical (unpaired) electrons. The maximum Gasteiger partial charge on any atom is 0.337 e. The summed E-state index contributed by atoms with van der Waals surface area (Å²) in [6.45, 7) is 0. The van der Waals surface area contributed by atoms with E-state index in [4.69, 9.17) is 5.14 Å². The molecule has 2 bridgehead atoms. The van der Waals surface area contributed by atoms with Gasteiger partial charge in [-0.1, -0.05) is 6.42 Å². The second-order valence-electron chi connectivity index (χ2n) is 5.98. The molecule has 2 aliphatic carbocycles. The topological polar surface area (TPSA) is 109 Å². The summed E-state index contributed by atoms with van der Waals surface area (Å²) < 4.78 is 22.7. The Morgan fingerprint density at radius 2 is 2.05 bits per heavy atom. The third-order valence-corrected chi connectivity index (χ3v) is 5.54. The lowest BCUT2D eigenvalue weighted by Gasteiger charge is -2.25. The quantitative estimate of drug-likeness (QED) is 0.783. The molecule has 0 amide bonds. The van der Waals surface area contributed by atoms with E-state index in [9.17, 15) is 18.3 Å². The number of sulfonamides is 1. The predicted molar refractivity (Wildman–Crippen MR) is 77.6 cm³/mol. The highest BCUT2D eigenvalue weighted by Gasteiger charge is 2.39. The average Bonchev–Trinajstić information content (AvgIpc) is 2.99. The zero-order valence-electron chi connectivity index (χ0n) is 11.5. The molecule has 0 heterocycles. The molecule has 1 aromatic carbocycles. The normalized spacial score (nSPS) is 27.8. The zero-order valence-corrected chi connectivity index (χ0v) is 12.3. The number of rotatable bonds is 4. The maximum atomic E-state index is 11.4. The number of carboxylic acids is 1. The molecule has 114 valence electrons. The van der Waals surface area contributed by atoms with Gasteiger partial charge in [-0.3, -0.25) is 0 Å². The molecule has 3 unspecified atom stereocenters. The van der Waals surface area contributed by atoms with Crippen LogP contribution in [0.25, 0.3) is 0 Å². The van der Waals surface area contributed by atoms with E-state index >= 15 is 0 Å². The van der Waals surface area contributed by atoms with E-state index in [1.165, 1.54) is 31.4 Å². The standard InChI is InChI=1S/C14H18N2O4S/c15-21(19,20)10-3-4-12(11(7-10)14(17)18)16-13-6-8-1-2-9(13)5-8/h3-4,7-9,13,16H,1-2,5-6H2,(H,17,18)(H2,15,19,20). The number of nitrogens with one attached hydrogen (secondary N) is 1. The van der Waals surface area contributed by atoms with Crippen molar-refractivity contribution in [3.8, 4) is 0 Å². The summed E-state index contributed by atoms with van der Waals surface area (Å²) in [6, 6.07) is 4.24. The van der Waals surface area contributed by atoms with Crippen LogP contribution in [0.4, 0.5) is 5.69 Å². The predicted octanol–water partition coefficient (Wildman–Crippen LogP) is 1.63. The van der Waals surface area contributed by atoms with Crippen molar-refractivity contribution in [1.82, 2.24) is 0 Å². The van der Waals surface area contributed by atoms with Crippen molar-refractivity contribution in [3.05, 3.63) is 23.8 Å². The molecule has 7 heteroatoms. The van der Waals surface area contributed by atoms with E-state index < -0.39 is 16.0 Å². The molecule has 0 aromatic heterocycles. The third kappa shape index (κ3) is 2.75. The van der Waals surface area contributed by atoms with Crippen LogP contribution >= 0.6 is 0 Å². The summed E-state index contributed by atoms with van der Waals surface area (Å²) in [6.07, 6.45) is 4.70. The fourth-order valence-electron chi connectivity index (χ4n) is 3.62. The summed E-state index contributed by atoms with van der Waals surface area (Å²) >= 11 is 0. The fourth-order valence-corrected chi connectivity index (χ4v) is 4.16. The van der Waals surface area contributed by atoms with Gasteiger partial charge in [-0.25, -0.2) is 18.4 Å². The number of carbonyl (C=O) groups is 1. The summed E-state index contributed by atoms with van der Waals surface area (Å²) in [5, 5.41) is 17.6. The highest BCUT2D eigenvalue weighted by Crippen LogP contribution is 2.45. The number of benzene rings is 1. The minimum absolute atomic E-state index is 0.0516. The summed E-state index contributed by atoms with van der Waals surface area (Å²) in [5.41, 5.74) is 0.414. The lowest BCUT2D eigenvalue weighted by atomic mass is 9.95. The fraction of sp³-hybridized carbons (Fsp3) is 0.500. The molecule has 21 heavy (non-hydrogen) atoms. The highest BCUT2D eigenvalue weighted by atomic mass is 32.2. The Morgan fingerprint density at radius 1 is 1.29 bits per heavy atom. The van der Waals surface area contributed by atoms with Crippen LogP contribution in [-0.2, 0) is 10.0 Å². The van der Waals surface area contributed by atoms with Crippen LogP contribution in [0.1, 0.15) is 36.0 Å². The van der Waals surface area contributed by atoms with Crippen LogP contribution in [0.3, 0.4) is 0 Å². The summed E-state index contributed by atoms with van der Waals surface area (Å²) in [7, 11) is -3.90. The van der Waals surface area contributed by atoms with Gasteiger partial charge in [-0.15, -0.1) is 0 Å². The smallest absolute Gasteiger partial charge is 0.337 e. The van der Waals surface area contributed by atoms with E-state index in [2.05, 4.69) is 5.32 Å². The number of carboxylic acid groups (broad SMARTS) is 1. The van der Waals surface area contributed by atoms with Gasteiger partial charge in [0.2, 0.25) is 10.0 Å². The Bertz CT molecular complexity index is 686. The molecule has 2 fully saturated rings. The van der Waals surface area contributed by atoms with E-state index in [0.717, 1.165) is 18.4 Å². The molecule has 1 aromatic rings. The number of anilines is 1. The number of primary sulfonamides is 1. The van der Waals surface area contributed by atoms with Crippen molar-refractivity contribution in [2.24, 2.45) is 17.0 Å². The lowest BCUT2D eigenvalue weighted by Crippen LogP contribution is -2.27.